The number of rotatable bonds is 6. The maximum absolute atomic E-state index is 12.7. The number of amides is 1. The van der Waals surface area contributed by atoms with Crippen LogP contribution in [0.25, 0.3) is 0 Å². The minimum atomic E-state index is -0.870. The van der Waals surface area contributed by atoms with Crippen molar-refractivity contribution in [3.63, 3.8) is 0 Å². The number of carbonyl (C=O) groups is 2. The van der Waals surface area contributed by atoms with E-state index in [0.717, 1.165) is 24.6 Å². The van der Waals surface area contributed by atoms with Gasteiger partial charge in [-0.05, 0) is 31.0 Å². The van der Waals surface area contributed by atoms with Gasteiger partial charge in [0, 0.05) is 11.0 Å². The minimum Gasteiger partial charge on any atom is -0.493 e. The molecule has 0 saturated heterocycles. The third-order valence-corrected chi connectivity index (χ3v) is 6.57. The lowest BCUT2D eigenvalue weighted by Gasteiger charge is -2.37. The predicted molar refractivity (Wildman–Crippen MR) is 107 cm³/mol. The molecule has 0 aromatic heterocycles. The summed E-state index contributed by atoms with van der Waals surface area (Å²) in [5.41, 5.74) is 0.133. The Morgan fingerprint density at radius 2 is 1.93 bits per heavy atom. The molecule has 1 spiro atoms. The molecule has 2 aliphatic rings. The van der Waals surface area contributed by atoms with Gasteiger partial charge in [-0.2, -0.15) is 10.5 Å². The number of nitrogens with zero attached hydrogens (tertiary/aromatic N) is 2. The van der Waals surface area contributed by atoms with Gasteiger partial charge in [0.15, 0.2) is 17.3 Å². The summed E-state index contributed by atoms with van der Waals surface area (Å²) in [4.78, 5) is 25.2. The van der Waals surface area contributed by atoms with Gasteiger partial charge in [-0.25, -0.2) is 0 Å². The molecule has 29 heavy (non-hydrogen) atoms. The number of ether oxygens (including phenoxy) is 2. The van der Waals surface area contributed by atoms with Crippen molar-refractivity contribution in [3.8, 4) is 23.6 Å². The maximum atomic E-state index is 12.7. The molecule has 1 saturated carbocycles. The minimum absolute atomic E-state index is 0.0452. The van der Waals surface area contributed by atoms with E-state index >= 15 is 0 Å². The number of methoxy groups -OCH3 is 2. The molecule has 1 aliphatic heterocycles. The normalized spacial score (nSPS) is 20.0. The molecule has 1 aromatic carbocycles. The summed E-state index contributed by atoms with van der Waals surface area (Å²) in [7, 11) is 3.01. The first-order valence-electron chi connectivity index (χ1n) is 9.24. The second kappa shape index (κ2) is 8.59. The van der Waals surface area contributed by atoms with Crippen LogP contribution in [0.1, 0.15) is 36.0 Å². The Balaban J connectivity index is 1.85. The van der Waals surface area contributed by atoms with Crippen LogP contribution < -0.4 is 14.8 Å². The van der Waals surface area contributed by atoms with Crippen molar-refractivity contribution in [1.29, 1.82) is 10.5 Å². The van der Waals surface area contributed by atoms with E-state index in [-0.39, 0.29) is 11.5 Å². The van der Waals surface area contributed by atoms with Crippen LogP contribution in [0.15, 0.2) is 28.8 Å². The molecule has 1 aliphatic carbocycles. The van der Waals surface area contributed by atoms with Crippen LogP contribution in [0, 0.1) is 34.0 Å². The Morgan fingerprint density at radius 1 is 1.24 bits per heavy atom. The van der Waals surface area contributed by atoms with E-state index in [1.807, 2.05) is 0 Å². The van der Waals surface area contributed by atoms with Gasteiger partial charge < -0.3 is 14.8 Å². The third kappa shape index (κ3) is 3.68. The standard InChI is InChI=1S/C21H21N3O4S/c1-27-17-6-5-13(9-18(17)28-2)16(25)12-29-20-15(11-23)21(7-3-4-8-21)14(10-22)19(26)24-20/h5-6,9,14H,3-4,7-8,12H2,1-2H3,(H,24,26)/t14-/m1/s1. The highest BCUT2D eigenvalue weighted by Gasteiger charge is 2.52. The molecule has 0 radical (unpaired) electrons. The summed E-state index contributed by atoms with van der Waals surface area (Å²) in [6, 6.07) is 9.21. The smallest absolute Gasteiger partial charge is 0.243 e. The number of benzene rings is 1. The zero-order valence-corrected chi connectivity index (χ0v) is 17.1. The largest absolute Gasteiger partial charge is 0.493 e. The van der Waals surface area contributed by atoms with Crippen molar-refractivity contribution in [3.05, 3.63) is 34.4 Å². The zero-order chi connectivity index (χ0) is 21.0. The van der Waals surface area contributed by atoms with Crippen LogP contribution in [0.2, 0.25) is 0 Å². The Labute approximate surface area is 173 Å². The molecule has 1 atom stereocenters. The fraction of sp³-hybridized carbons (Fsp3) is 0.429. The fourth-order valence-electron chi connectivity index (χ4n) is 4.10. The number of hydrogen-bond donors (Lipinski definition) is 1. The SMILES string of the molecule is COc1ccc(C(=O)CSC2=C(C#N)C3(CCCC3)[C@H](C#N)C(=O)N2)cc1OC. The molecule has 7 nitrogen and oxygen atoms in total. The molecule has 1 fully saturated rings. The Kier molecular flexibility index (Phi) is 6.14. The van der Waals surface area contributed by atoms with Crippen LogP contribution in [0.5, 0.6) is 11.5 Å². The molecular formula is C21H21N3O4S. The van der Waals surface area contributed by atoms with Crippen LogP contribution >= 0.6 is 11.8 Å². The van der Waals surface area contributed by atoms with Crippen molar-refractivity contribution in [2.24, 2.45) is 11.3 Å². The van der Waals surface area contributed by atoms with Crippen molar-refractivity contribution in [2.45, 2.75) is 25.7 Å². The summed E-state index contributed by atoms with van der Waals surface area (Å²) in [5.74, 6) is -0.411. The van der Waals surface area contributed by atoms with Crippen molar-refractivity contribution < 1.29 is 19.1 Å². The monoisotopic (exact) mass is 411 g/mol. The average Bonchev–Trinajstić information content (AvgIpc) is 3.21. The number of hydrogen-bond acceptors (Lipinski definition) is 7. The number of nitrogens with one attached hydrogen (secondary N) is 1. The van der Waals surface area contributed by atoms with E-state index in [1.165, 1.54) is 14.2 Å². The number of thioether (sulfide) groups is 1. The molecular weight excluding hydrogens is 390 g/mol. The Hall–Kier alpha value is -2.97. The van der Waals surface area contributed by atoms with E-state index in [9.17, 15) is 20.1 Å². The van der Waals surface area contributed by atoms with Crippen molar-refractivity contribution in [1.82, 2.24) is 5.32 Å². The number of Topliss-reactive ketones (excluding diaryl/α,β-unsaturated/α-hetero) is 1. The molecule has 3 rings (SSSR count). The molecule has 0 bridgehead atoms. The van der Waals surface area contributed by atoms with Gasteiger partial charge in [0.25, 0.3) is 0 Å². The van der Waals surface area contributed by atoms with Gasteiger partial charge in [-0.3, -0.25) is 9.59 Å². The first-order valence-corrected chi connectivity index (χ1v) is 10.2. The third-order valence-electron chi connectivity index (χ3n) is 5.57. The second-order valence-electron chi connectivity index (χ2n) is 7.01. The quantitative estimate of drug-likeness (QED) is 0.715. The molecule has 1 heterocycles. The number of carbonyl (C=O) groups excluding carboxylic acids is 2. The van der Waals surface area contributed by atoms with E-state index in [2.05, 4.69) is 17.5 Å². The Bertz CT molecular complexity index is 952. The molecule has 8 heteroatoms. The zero-order valence-electron chi connectivity index (χ0n) is 16.3. The molecule has 150 valence electrons. The Morgan fingerprint density at radius 3 is 2.52 bits per heavy atom. The highest BCUT2D eigenvalue weighted by Crippen LogP contribution is 2.53. The van der Waals surface area contributed by atoms with Crippen molar-refractivity contribution >= 4 is 23.5 Å². The first-order chi connectivity index (χ1) is 14.0. The van der Waals surface area contributed by atoms with E-state index in [4.69, 9.17) is 9.47 Å². The number of ketones is 1. The summed E-state index contributed by atoms with van der Waals surface area (Å²) in [6.07, 6.45) is 3.02. The highest BCUT2D eigenvalue weighted by molar-refractivity contribution is 8.03. The van der Waals surface area contributed by atoms with Crippen LogP contribution in [-0.2, 0) is 4.79 Å². The van der Waals surface area contributed by atoms with Gasteiger partial charge in [-0.15, -0.1) is 0 Å². The van der Waals surface area contributed by atoms with Crippen molar-refractivity contribution in [2.75, 3.05) is 20.0 Å². The maximum Gasteiger partial charge on any atom is 0.243 e. The summed E-state index contributed by atoms with van der Waals surface area (Å²) in [5, 5.41) is 22.4. The van der Waals surface area contributed by atoms with Gasteiger partial charge in [0.05, 0.1) is 42.7 Å². The van der Waals surface area contributed by atoms with E-state index < -0.39 is 17.2 Å². The molecule has 0 unspecified atom stereocenters. The second-order valence-corrected chi connectivity index (χ2v) is 8.00. The van der Waals surface area contributed by atoms with Gasteiger partial charge in [0.2, 0.25) is 5.91 Å². The lowest BCUT2D eigenvalue weighted by Crippen LogP contribution is -2.46. The lowest BCUT2D eigenvalue weighted by molar-refractivity contribution is -0.126. The van der Waals surface area contributed by atoms with E-state index in [1.54, 1.807) is 18.2 Å². The summed E-state index contributed by atoms with van der Waals surface area (Å²) >= 11 is 1.13. The van der Waals surface area contributed by atoms with Gasteiger partial charge in [0.1, 0.15) is 5.92 Å². The summed E-state index contributed by atoms with van der Waals surface area (Å²) in [6.45, 7) is 0. The van der Waals surface area contributed by atoms with E-state index in [0.29, 0.717) is 40.5 Å². The fourth-order valence-corrected chi connectivity index (χ4v) is 5.10. The van der Waals surface area contributed by atoms with Crippen LogP contribution in [-0.4, -0.2) is 31.7 Å². The predicted octanol–water partition coefficient (Wildman–Crippen LogP) is 3.18. The van der Waals surface area contributed by atoms with Crippen LogP contribution in [0.3, 0.4) is 0 Å². The first kappa shape index (κ1) is 20.8. The topological polar surface area (TPSA) is 112 Å². The highest BCUT2D eigenvalue weighted by atomic mass is 32.2. The number of nitriles is 2. The average molecular weight is 411 g/mol. The summed E-state index contributed by atoms with van der Waals surface area (Å²) < 4.78 is 10.4. The number of allylic oxidation sites excluding steroid dienone is 1. The van der Waals surface area contributed by atoms with Crippen LogP contribution in [0.4, 0.5) is 0 Å². The van der Waals surface area contributed by atoms with Gasteiger partial charge >= 0.3 is 0 Å². The van der Waals surface area contributed by atoms with Gasteiger partial charge in [-0.1, -0.05) is 24.6 Å². The molecule has 1 aromatic rings. The molecule has 1 amide bonds. The molecule has 1 N–H and O–H groups in total. The lowest BCUT2D eigenvalue weighted by atomic mass is 9.67.